The van der Waals surface area contributed by atoms with Crippen molar-refractivity contribution >= 4 is 15.9 Å². The molecular weight excluding hydrogens is 336 g/mol. The van der Waals surface area contributed by atoms with E-state index in [1.165, 1.54) is 4.31 Å². The molecular formula is C19H30N2O3S. The first-order chi connectivity index (χ1) is 11.8. The minimum absolute atomic E-state index is 0.0479. The topological polar surface area (TPSA) is 57.7 Å². The number of benzene rings is 1. The molecule has 140 valence electrons. The van der Waals surface area contributed by atoms with E-state index in [0.29, 0.717) is 37.0 Å². The summed E-state index contributed by atoms with van der Waals surface area (Å²) in [5.41, 5.74) is 1.12. The Morgan fingerprint density at radius 1 is 1.00 bits per heavy atom. The molecule has 0 aromatic heterocycles. The van der Waals surface area contributed by atoms with Gasteiger partial charge in [-0.15, -0.1) is 0 Å². The first-order valence-electron chi connectivity index (χ1n) is 9.20. The molecule has 1 amide bonds. The van der Waals surface area contributed by atoms with Crippen molar-refractivity contribution in [2.45, 2.75) is 51.3 Å². The number of carbonyl (C=O) groups excluding carboxylic acids is 1. The van der Waals surface area contributed by atoms with Crippen molar-refractivity contribution in [1.82, 2.24) is 9.21 Å². The number of sulfonamides is 1. The minimum Gasteiger partial charge on any atom is -0.340 e. The van der Waals surface area contributed by atoms with Gasteiger partial charge in [-0.25, -0.2) is 8.42 Å². The van der Waals surface area contributed by atoms with Gasteiger partial charge in [0.05, 0.1) is 4.90 Å². The second kappa shape index (κ2) is 8.32. The summed E-state index contributed by atoms with van der Waals surface area (Å²) in [7, 11) is -3.49. The standard InChI is InChI=1S/C19H30N2O3S/c1-5-16(6-2)19(22)20-11-13-21(14-12-20)25(23,24)18-9-7-17(8-10-18)15(3)4/h7-10,15-16H,5-6,11-14H2,1-4H3. The van der Waals surface area contributed by atoms with Gasteiger partial charge in [0.25, 0.3) is 0 Å². The van der Waals surface area contributed by atoms with E-state index in [2.05, 4.69) is 13.8 Å². The Morgan fingerprint density at radius 3 is 1.96 bits per heavy atom. The van der Waals surface area contributed by atoms with Crippen molar-refractivity contribution < 1.29 is 13.2 Å². The fraction of sp³-hybridized carbons (Fsp3) is 0.632. The summed E-state index contributed by atoms with van der Waals surface area (Å²) >= 11 is 0. The second-order valence-corrected chi connectivity index (χ2v) is 8.90. The van der Waals surface area contributed by atoms with Crippen LogP contribution in [0, 0.1) is 5.92 Å². The molecule has 0 saturated carbocycles. The summed E-state index contributed by atoms with van der Waals surface area (Å²) in [4.78, 5) is 14.6. The van der Waals surface area contributed by atoms with Crippen molar-refractivity contribution in [3.8, 4) is 0 Å². The Bertz CT molecular complexity index is 671. The van der Waals surface area contributed by atoms with Crippen LogP contribution in [0.2, 0.25) is 0 Å². The van der Waals surface area contributed by atoms with E-state index >= 15 is 0 Å². The molecule has 5 nitrogen and oxygen atoms in total. The van der Waals surface area contributed by atoms with E-state index in [4.69, 9.17) is 0 Å². The minimum atomic E-state index is -3.49. The number of carbonyl (C=O) groups is 1. The Balaban J connectivity index is 2.05. The lowest BCUT2D eigenvalue weighted by molar-refractivity contribution is -0.136. The van der Waals surface area contributed by atoms with Gasteiger partial charge >= 0.3 is 0 Å². The molecule has 1 heterocycles. The highest BCUT2D eigenvalue weighted by Gasteiger charge is 2.31. The summed E-state index contributed by atoms with van der Waals surface area (Å²) in [5.74, 6) is 0.575. The molecule has 1 aliphatic rings. The molecule has 1 aliphatic heterocycles. The van der Waals surface area contributed by atoms with Gasteiger partial charge in [0, 0.05) is 32.1 Å². The quantitative estimate of drug-likeness (QED) is 0.777. The van der Waals surface area contributed by atoms with Crippen molar-refractivity contribution in [1.29, 1.82) is 0 Å². The lowest BCUT2D eigenvalue weighted by atomic mass is 10.0. The van der Waals surface area contributed by atoms with Gasteiger partial charge in [-0.2, -0.15) is 4.31 Å². The van der Waals surface area contributed by atoms with Crippen LogP contribution in [0.4, 0.5) is 0 Å². The fourth-order valence-corrected chi connectivity index (χ4v) is 4.64. The van der Waals surface area contributed by atoms with Gasteiger partial charge in [-0.05, 0) is 36.5 Å². The van der Waals surface area contributed by atoms with E-state index in [1.807, 2.05) is 30.9 Å². The maximum atomic E-state index is 12.8. The van der Waals surface area contributed by atoms with Crippen LogP contribution in [-0.2, 0) is 14.8 Å². The number of hydrogen-bond donors (Lipinski definition) is 0. The lowest BCUT2D eigenvalue weighted by Gasteiger charge is -2.35. The average molecular weight is 367 g/mol. The molecule has 0 atom stereocenters. The molecule has 0 spiro atoms. The molecule has 0 radical (unpaired) electrons. The predicted molar refractivity (Wildman–Crippen MR) is 99.9 cm³/mol. The summed E-state index contributed by atoms with van der Waals surface area (Å²) in [6.45, 7) is 9.87. The average Bonchev–Trinajstić information content (AvgIpc) is 2.62. The Kier molecular flexibility index (Phi) is 6.63. The van der Waals surface area contributed by atoms with Crippen LogP contribution in [0.25, 0.3) is 0 Å². The highest BCUT2D eigenvalue weighted by Crippen LogP contribution is 2.22. The van der Waals surface area contributed by atoms with Crippen molar-refractivity contribution in [2.24, 2.45) is 5.92 Å². The number of amides is 1. The molecule has 6 heteroatoms. The van der Waals surface area contributed by atoms with E-state index in [-0.39, 0.29) is 11.8 Å². The van der Waals surface area contributed by atoms with E-state index in [9.17, 15) is 13.2 Å². The molecule has 0 aliphatic carbocycles. The van der Waals surface area contributed by atoms with Crippen LogP contribution in [0.5, 0.6) is 0 Å². The molecule has 1 saturated heterocycles. The summed E-state index contributed by atoms with van der Waals surface area (Å²) in [6.07, 6.45) is 1.66. The Morgan fingerprint density at radius 2 is 1.52 bits per heavy atom. The molecule has 0 unspecified atom stereocenters. The summed E-state index contributed by atoms with van der Waals surface area (Å²) in [6, 6.07) is 7.13. The van der Waals surface area contributed by atoms with Crippen LogP contribution in [-0.4, -0.2) is 49.7 Å². The highest BCUT2D eigenvalue weighted by atomic mass is 32.2. The third kappa shape index (κ3) is 4.42. The number of hydrogen-bond acceptors (Lipinski definition) is 3. The lowest BCUT2D eigenvalue weighted by Crippen LogP contribution is -2.51. The molecule has 0 bridgehead atoms. The predicted octanol–water partition coefficient (Wildman–Crippen LogP) is 3.08. The second-order valence-electron chi connectivity index (χ2n) is 6.97. The molecule has 2 rings (SSSR count). The Labute approximate surface area is 152 Å². The smallest absolute Gasteiger partial charge is 0.243 e. The molecule has 0 N–H and O–H groups in total. The van der Waals surface area contributed by atoms with Crippen LogP contribution >= 0.6 is 0 Å². The van der Waals surface area contributed by atoms with E-state index < -0.39 is 10.0 Å². The Hall–Kier alpha value is -1.40. The maximum absolute atomic E-state index is 12.8. The van der Waals surface area contributed by atoms with Crippen LogP contribution in [0.1, 0.15) is 52.0 Å². The van der Waals surface area contributed by atoms with Crippen LogP contribution < -0.4 is 0 Å². The number of rotatable bonds is 6. The van der Waals surface area contributed by atoms with Gasteiger partial charge in [0.15, 0.2) is 0 Å². The molecule has 1 fully saturated rings. The van der Waals surface area contributed by atoms with Crippen molar-refractivity contribution in [3.05, 3.63) is 29.8 Å². The SMILES string of the molecule is CCC(CC)C(=O)N1CCN(S(=O)(=O)c2ccc(C(C)C)cc2)CC1. The molecule has 1 aromatic rings. The van der Waals surface area contributed by atoms with E-state index in [0.717, 1.165) is 18.4 Å². The zero-order valence-electron chi connectivity index (χ0n) is 15.7. The monoisotopic (exact) mass is 366 g/mol. The van der Waals surface area contributed by atoms with Crippen LogP contribution in [0.3, 0.4) is 0 Å². The first-order valence-corrected chi connectivity index (χ1v) is 10.6. The van der Waals surface area contributed by atoms with Gasteiger partial charge in [0.2, 0.25) is 15.9 Å². The van der Waals surface area contributed by atoms with Gasteiger partial charge < -0.3 is 4.90 Å². The van der Waals surface area contributed by atoms with Gasteiger partial charge in [0.1, 0.15) is 0 Å². The number of nitrogens with zero attached hydrogens (tertiary/aromatic N) is 2. The molecule has 25 heavy (non-hydrogen) atoms. The van der Waals surface area contributed by atoms with Crippen molar-refractivity contribution in [2.75, 3.05) is 26.2 Å². The maximum Gasteiger partial charge on any atom is 0.243 e. The van der Waals surface area contributed by atoms with Gasteiger partial charge in [-0.3, -0.25) is 4.79 Å². The highest BCUT2D eigenvalue weighted by molar-refractivity contribution is 7.89. The largest absolute Gasteiger partial charge is 0.340 e. The summed E-state index contributed by atoms with van der Waals surface area (Å²) < 4.78 is 27.1. The van der Waals surface area contributed by atoms with E-state index in [1.54, 1.807) is 12.1 Å². The van der Waals surface area contributed by atoms with Gasteiger partial charge in [-0.1, -0.05) is 39.8 Å². The third-order valence-corrected chi connectivity index (χ3v) is 6.98. The zero-order valence-corrected chi connectivity index (χ0v) is 16.6. The third-order valence-electron chi connectivity index (χ3n) is 5.07. The summed E-state index contributed by atoms with van der Waals surface area (Å²) in [5, 5.41) is 0. The fourth-order valence-electron chi connectivity index (χ4n) is 3.22. The van der Waals surface area contributed by atoms with Crippen LogP contribution in [0.15, 0.2) is 29.2 Å². The number of piperazine rings is 1. The van der Waals surface area contributed by atoms with Crippen molar-refractivity contribution in [3.63, 3.8) is 0 Å². The zero-order chi connectivity index (χ0) is 18.6. The normalized spacial score (nSPS) is 16.6. The first kappa shape index (κ1) is 19.9. The molecule has 1 aromatic carbocycles.